The Bertz CT molecular complexity index is 773. The summed E-state index contributed by atoms with van der Waals surface area (Å²) < 4.78 is 6.89. The summed E-state index contributed by atoms with van der Waals surface area (Å²) in [4.78, 5) is 26.6. The van der Waals surface area contributed by atoms with Gasteiger partial charge in [-0.25, -0.2) is 4.68 Å². The molecule has 1 aliphatic heterocycles. The lowest BCUT2D eigenvalue weighted by atomic mass is 10.2. The molecule has 1 fully saturated rings. The van der Waals surface area contributed by atoms with Crippen LogP contribution >= 0.6 is 0 Å². The molecule has 24 heavy (non-hydrogen) atoms. The number of carbonyl (C=O) groups excluding carboxylic acids is 1. The average Bonchev–Trinajstić information content (AvgIpc) is 2.59. The molecule has 0 spiro atoms. The minimum atomic E-state index is -0.223. The third-order valence-corrected chi connectivity index (χ3v) is 4.13. The molecule has 0 N–H and O–H groups in total. The molecular weight excluding hydrogens is 306 g/mol. The Kier molecular flexibility index (Phi) is 4.76. The molecule has 1 aliphatic rings. The van der Waals surface area contributed by atoms with E-state index >= 15 is 0 Å². The first-order valence-electron chi connectivity index (χ1n) is 8.09. The number of amides is 1. The van der Waals surface area contributed by atoms with E-state index in [1.54, 1.807) is 4.90 Å². The van der Waals surface area contributed by atoms with Crippen molar-refractivity contribution >= 4 is 5.91 Å². The van der Waals surface area contributed by atoms with E-state index in [-0.39, 0.29) is 29.3 Å². The molecule has 2 atom stereocenters. The van der Waals surface area contributed by atoms with E-state index < -0.39 is 0 Å². The monoisotopic (exact) mass is 327 g/mol. The Labute approximate surface area is 140 Å². The van der Waals surface area contributed by atoms with Crippen LogP contribution in [-0.2, 0) is 11.3 Å². The number of hydrogen-bond donors (Lipinski definition) is 0. The summed E-state index contributed by atoms with van der Waals surface area (Å²) in [5, 5.41) is 4.27. The van der Waals surface area contributed by atoms with Gasteiger partial charge in [-0.3, -0.25) is 9.59 Å². The zero-order valence-corrected chi connectivity index (χ0v) is 13.9. The first-order valence-corrected chi connectivity index (χ1v) is 8.09. The van der Waals surface area contributed by atoms with E-state index in [9.17, 15) is 9.59 Å². The van der Waals surface area contributed by atoms with Crippen LogP contribution in [0.25, 0.3) is 0 Å². The van der Waals surface area contributed by atoms with Crippen molar-refractivity contribution in [1.82, 2.24) is 14.7 Å². The molecule has 1 aromatic carbocycles. The molecule has 1 amide bonds. The van der Waals surface area contributed by atoms with Gasteiger partial charge in [0.1, 0.15) is 5.69 Å². The van der Waals surface area contributed by atoms with Crippen LogP contribution in [-0.4, -0.2) is 45.9 Å². The lowest BCUT2D eigenvalue weighted by Gasteiger charge is -2.36. The molecule has 2 heterocycles. The fourth-order valence-electron chi connectivity index (χ4n) is 2.77. The van der Waals surface area contributed by atoms with Crippen molar-refractivity contribution in [2.24, 2.45) is 0 Å². The number of aromatic nitrogens is 2. The van der Waals surface area contributed by atoms with Gasteiger partial charge in [0.25, 0.3) is 11.5 Å². The van der Waals surface area contributed by atoms with Gasteiger partial charge in [-0.05, 0) is 25.5 Å². The standard InChI is InChI=1S/C18H21N3O3/c1-13-12-24-14(2)10-20(13)18(23)16-8-9-17(22)21(19-16)11-15-6-4-3-5-7-15/h3-9,13-14H,10-12H2,1-2H3. The maximum absolute atomic E-state index is 12.8. The van der Waals surface area contributed by atoms with E-state index in [1.165, 1.54) is 16.8 Å². The second kappa shape index (κ2) is 6.97. The van der Waals surface area contributed by atoms with E-state index in [2.05, 4.69) is 5.10 Å². The highest BCUT2D eigenvalue weighted by Gasteiger charge is 2.29. The third kappa shape index (κ3) is 3.54. The molecule has 0 aliphatic carbocycles. The van der Waals surface area contributed by atoms with Crippen LogP contribution in [0.15, 0.2) is 47.3 Å². The van der Waals surface area contributed by atoms with Crippen molar-refractivity contribution in [2.45, 2.75) is 32.5 Å². The van der Waals surface area contributed by atoms with Crippen molar-refractivity contribution in [3.05, 3.63) is 64.1 Å². The molecule has 1 saturated heterocycles. The van der Waals surface area contributed by atoms with Crippen LogP contribution in [0.3, 0.4) is 0 Å². The summed E-state index contributed by atoms with van der Waals surface area (Å²) in [6.07, 6.45) is 0.000346. The minimum absolute atomic E-state index is 0.000346. The van der Waals surface area contributed by atoms with Crippen LogP contribution in [0, 0.1) is 0 Å². The lowest BCUT2D eigenvalue weighted by molar-refractivity contribution is -0.0389. The zero-order valence-electron chi connectivity index (χ0n) is 13.9. The summed E-state index contributed by atoms with van der Waals surface area (Å²) in [5.41, 5.74) is 1.02. The third-order valence-electron chi connectivity index (χ3n) is 4.13. The summed E-state index contributed by atoms with van der Waals surface area (Å²) >= 11 is 0. The van der Waals surface area contributed by atoms with Crippen molar-refractivity contribution < 1.29 is 9.53 Å². The van der Waals surface area contributed by atoms with E-state index in [1.807, 2.05) is 44.2 Å². The molecule has 0 bridgehead atoms. The summed E-state index contributed by atoms with van der Waals surface area (Å²) in [7, 11) is 0. The van der Waals surface area contributed by atoms with Gasteiger partial charge < -0.3 is 9.64 Å². The van der Waals surface area contributed by atoms with Gasteiger partial charge in [-0.1, -0.05) is 30.3 Å². The highest BCUT2D eigenvalue weighted by atomic mass is 16.5. The topological polar surface area (TPSA) is 64.4 Å². The lowest BCUT2D eigenvalue weighted by Crippen LogP contribution is -2.50. The smallest absolute Gasteiger partial charge is 0.274 e. The number of hydrogen-bond acceptors (Lipinski definition) is 4. The SMILES string of the molecule is CC1CN(C(=O)c2ccc(=O)n(Cc3ccccc3)n2)C(C)CO1. The van der Waals surface area contributed by atoms with Gasteiger partial charge in [0.05, 0.1) is 25.3 Å². The average molecular weight is 327 g/mol. The Hall–Kier alpha value is -2.47. The molecule has 1 aromatic heterocycles. The minimum Gasteiger partial charge on any atom is -0.375 e. The first kappa shape index (κ1) is 16.4. The largest absolute Gasteiger partial charge is 0.375 e. The van der Waals surface area contributed by atoms with E-state index in [0.717, 1.165) is 5.56 Å². The summed E-state index contributed by atoms with van der Waals surface area (Å²) in [6.45, 7) is 5.27. The van der Waals surface area contributed by atoms with E-state index in [4.69, 9.17) is 4.74 Å². The van der Waals surface area contributed by atoms with Gasteiger partial charge in [0.2, 0.25) is 0 Å². The predicted octanol–water partition coefficient (Wildman–Crippen LogP) is 1.54. The quantitative estimate of drug-likeness (QED) is 0.858. The number of ether oxygens (including phenoxy) is 1. The maximum atomic E-state index is 12.8. The number of benzene rings is 1. The Morgan fingerprint density at radius 1 is 1.21 bits per heavy atom. The van der Waals surface area contributed by atoms with E-state index in [0.29, 0.717) is 19.7 Å². The number of nitrogens with zero attached hydrogens (tertiary/aromatic N) is 3. The Morgan fingerprint density at radius 2 is 1.96 bits per heavy atom. The highest BCUT2D eigenvalue weighted by Crippen LogP contribution is 2.14. The van der Waals surface area contributed by atoms with Gasteiger partial charge in [0.15, 0.2) is 0 Å². The van der Waals surface area contributed by atoms with Crippen LogP contribution < -0.4 is 5.56 Å². The molecule has 126 valence electrons. The summed E-state index contributed by atoms with van der Waals surface area (Å²) in [5.74, 6) is -0.167. The molecule has 6 nitrogen and oxygen atoms in total. The first-order chi connectivity index (χ1) is 11.5. The molecule has 0 saturated carbocycles. The van der Waals surface area contributed by atoms with Crippen molar-refractivity contribution in [1.29, 1.82) is 0 Å². The molecule has 2 aromatic rings. The molecule has 2 unspecified atom stereocenters. The number of rotatable bonds is 3. The van der Waals surface area contributed by atoms with Crippen molar-refractivity contribution in [2.75, 3.05) is 13.2 Å². The molecule has 3 rings (SSSR count). The zero-order chi connectivity index (χ0) is 17.1. The van der Waals surface area contributed by atoms with Gasteiger partial charge in [-0.2, -0.15) is 5.10 Å². The predicted molar refractivity (Wildman–Crippen MR) is 90.0 cm³/mol. The normalized spacial score (nSPS) is 20.8. The van der Waals surface area contributed by atoms with Crippen molar-refractivity contribution in [3.8, 4) is 0 Å². The Morgan fingerprint density at radius 3 is 2.71 bits per heavy atom. The van der Waals surface area contributed by atoms with Crippen molar-refractivity contribution in [3.63, 3.8) is 0 Å². The summed E-state index contributed by atoms with van der Waals surface area (Å²) in [6, 6.07) is 12.5. The molecule has 6 heteroatoms. The van der Waals surface area contributed by atoms with Gasteiger partial charge in [0, 0.05) is 12.6 Å². The van der Waals surface area contributed by atoms with Crippen LogP contribution in [0.5, 0.6) is 0 Å². The molecular formula is C18H21N3O3. The number of carbonyl (C=O) groups is 1. The Balaban J connectivity index is 1.85. The fourth-order valence-corrected chi connectivity index (χ4v) is 2.77. The highest BCUT2D eigenvalue weighted by molar-refractivity contribution is 5.92. The van der Waals surface area contributed by atoms with Gasteiger partial charge in [-0.15, -0.1) is 0 Å². The van der Waals surface area contributed by atoms with Crippen LogP contribution in [0.1, 0.15) is 29.9 Å². The fraction of sp³-hybridized carbons (Fsp3) is 0.389. The van der Waals surface area contributed by atoms with Crippen LogP contribution in [0.4, 0.5) is 0 Å². The second-order valence-corrected chi connectivity index (χ2v) is 6.15. The molecule has 0 radical (unpaired) electrons. The van der Waals surface area contributed by atoms with Crippen LogP contribution in [0.2, 0.25) is 0 Å². The maximum Gasteiger partial charge on any atom is 0.274 e. The second-order valence-electron chi connectivity index (χ2n) is 6.15. The number of morpholine rings is 1. The van der Waals surface area contributed by atoms with Gasteiger partial charge >= 0.3 is 0 Å².